The van der Waals surface area contributed by atoms with Gasteiger partial charge in [0.2, 0.25) is 11.8 Å². The molecule has 1 aromatic carbocycles. The molecule has 1 saturated heterocycles. The second-order valence-electron chi connectivity index (χ2n) is 7.07. The molecule has 0 spiro atoms. The summed E-state index contributed by atoms with van der Waals surface area (Å²) in [5, 5.41) is 3.91. The van der Waals surface area contributed by atoms with Crippen LogP contribution in [0.2, 0.25) is 0 Å². The van der Waals surface area contributed by atoms with E-state index in [1.165, 1.54) is 0 Å². The zero-order valence-electron chi connectivity index (χ0n) is 15.1. The summed E-state index contributed by atoms with van der Waals surface area (Å²) in [5.41, 5.74) is 7.14. The van der Waals surface area contributed by atoms with Gasteiger partial charge in [-0.25, -0.2) is 0 Å². The first-order valence-corrected chi connectivity index (χ1v) is 9.22. The predicted octanol–water partition coefficient (Wildman–Crippen LogP) is 2.54. The van der Waals surface area contributed by atoms with E-state index in [0.717, 1.165) is 48.9 Å². The van der Waals surface area contributed by atoms with Crippen molar-refractivity contribution in [3.8, 4) is 0 Å². The molecule has 2 aromatic rings. The van der Waals surface area contributed by atoms with Gasteiger partial charge >= 0.3 is 0 Å². The third-order valence-corrected chi connectivity index (χ3v) is 5.07. The summed E-state index contributed by atoms with van der Waals surface area (Å²) in [6.45, 7) is 3.78. The lowest BCUT2D eigenvalue weighted by molar-refractivity contribution is -0.123. The predicted molar refractivity (Wildman–Crippen MR) is 103 cm³/mol. The van der Waals surface area contributed by atoms with Crippen molar-refractivity contribution >= 4 is 28.4 Å². The molecular weight excluding hydrogens is 328 g/mol. The Morgan fingerprint density at radius 3 is 2.92 bits per heavy atom. The Morgan fingerprint density at radius 1 is 1.31 bits per heavy atom. The van der Waals surface area contributed by atoms with Crippen molar-refractivity contribution in [2.75, 3.05) is 18.4 Å². The van der Waals surface area contributed by atoms with Crippen molar-refractivity contribution < 1.29 is 9.59 Å². The number of hydrogen-bond acceptors (Lipinski definition) is 4. The second-order valence-corrected chi connectivity index (χ2v) is 7.07. The fourth-order valence-corrected chi connectivity index (χ4v) is 3.70. The lowest BCUT2D eigenvalue weighted by atomic mass is 10.0. The molecule has 138 valence electrons. The molecule has 26 heavy (non-hydrogen) atoms. The third kappa shape index (κ3) is 4.38. The van der Waals surface area contributed by atoms with Crippen LogP contribution in [0, 0.1) is 5.92 Å². The van der Waals surface area contributed by atoms with Crippen molar-refractivity contribution in [3.05, 3.63) is 36.5 Å². The van der Waals surface area contributed by atoms with E-state index in [1.54, 1.807) is 6.20 Å². The van der Waals surface area contributed by atoms with Gasteiger partial charge in [-0.05, 0) is 50.4 Å². The summed E-state index contributed by atoms with van der Waals surface area (Å²) < 4.78 is 0. The van der Waals surface area contributed by atoms with Crippen LogP contribution in [0.4, 0.5) is 5.69 Å². The number of rotatable bonds is 7. The van der Waals surface area contributed by atoms with Crippen molar-refractivity contribution in [1.82, 2.24) is 9.88 Å². The van der Waals surface area contributed by atoms with Gasteiger partial charge in [0.1, 0.15) is 0 Å². The number of primary amides is 1. The maximum absolute atomic E-state index is 12.1. The molecule has 2 atom stereocenters. The molecule has 0 bridgehead atoms. The van der Waals surface area contributed by atoms with Gasteiger partial charge in [-0.2, -0.15) is 0 Å². The first kappa shape index (κ1) is 18.3. The van der Waals surface area contributed by atoms with E-state index in [-0.39, 0.29) is 17.9 Å². The number of amides is 2. The van der Waals surface area contributed by atoms with Gasteiger partial charge in [0.25, 0.3) is 0 Å². The van der Waals surface area contributed by atoms with E-state index in [9.17, 15) is 9.59 Å². The molecule has 6 heteroatoms. The molecule has 2 unspecified atom stereocenters. The summed E-state index contributed by atoms with van der Waals surface area (Å²) in [6.07, 6.45) is 4.80. The van der Waals surface area contributed by atoms with E-state index in [1.807, 2.05) is 30.3 Å². The summed E-state index contributed by atoms with van der Waals surface area (Å²) in [4.78, 5) is 30.2. The number of benzene rings is 1. The Balaban J connectivity index is 1.43. The number of pyridine rings is 1. The molecule has 6 nitrogen and oxygen atoms in total. The van der Waals surface area contributed by atoms with Gasteiger partial charge in [0.15, 0.2) is 0 Å². The van der Waals surface area contributed by atoms with Gasteiger partial charge in [-0.1, -0.05) is 25.1 Å². The monoisotopic (exact) mass is 354 g/mol. The van der Waals surface area contributed by atoms with Crippen LogP contribution >= 0.6 is 0 Å². The number of unbranched alkanes of at least 4 members (excludes halogenated alkanes) is 1. The lowest BCUT2D eigenvalue weighted by Crippen LogP contribution is -2.43. The average molecular weight is 354 g/mol. The standard InChI is InChI=1S/C20H26N4O2/c1-14-9-11-24(19(14)20(21)26)10-5-4-8-18(25)23-16-12-15-6-2-3-7-17(15)22-13-16/h2-3,6-7,12-14,19H,4-5,8-11H2,1H3,(H2,21,26)(H,23,25). The Hall–Kier alpha value is -2.47. The Bertz CT molecular complexity index is 792. The topological polar surface area (TPSA) is 88.3 Å². The van der Waals surface area contributed by atoms with E-state index < -0.39 is 0 Å². The zero-order chi connectivity index (χ0) is 18.5. The molecule has 2 heterocycles. The van der Waals surface area contributed by atoms with Crippen LogP contribution in [0.1, 0.15) is 32.6 Å². The lowest BCUT2D eigenvalue weighted by Gasteiger charge is -2.23. The summed E-state index contributed by atoms with van der Waals surface area (Å²) in [5.74, 6) is 0.0658. The van der Waals surface area contributed by atoms with Crippen LogP contribution in [0.5, 0.6) is 0 Å². The normalized spacial score (nSPS) is 20.3. The van der Waals surface area contributed by atoms with Gasteiger partial charge in [-0.15, -0.1) is 0 Å². The highest BCUT2D eigenvalue weighted by Crippen LogP contribution is 2.24. The van der Waals surface area contributed by atoms with Crippen LogP contribution in [0.3, 0.4) is 0 Å². The molecule has 0 saturated carbocycles. The molecule has 1 fully saturated rings. The number of aromatic nitrogens is 1. The first-order chi connectivity index (χ1) is 12.5. The van der Waals surface area contributed by atoms with Crippen LogP contribution < -0.4 is 11.1 Å². The van der Waals surface area contributed by atoms with Crippen molar-refractivity contribution in [1.29, 1.82) is 0 Å². The van der Waals surface area contributed by atoms with E-state index >= 15 is 0 Å². The van der Waals surface area contributed by atoms with Gasteiger partial charge in [0.05, 0.1) is 23.4 Å². The molecule has 3 rings (SSSR count). The number of anilines is 1. The summed E-state index contributed by atoms with van der Waals surface area (Å²) >= 11 is 0. The highest BCUT2D eigenvalue weighted by atomic mass is 16.2. The quantitative estimate of drug-likeness (QED) is 0.748. The minimum Gasteiger partial charge on any atom is -0.368 e. The zero-order valence-corrected chi connectivity index (χ0v) is 15.1. The Labute approximate surface area is 153 Å². The number of nitrogens with one attached hydrogen (secondary N) is 1. The Morgan fingerprint density at radius 2 is 2.12 bits per heavy atom. The van der Waals surface area contributed by atoms with Gasteiger partial charge in [-0.3, -0.25) is 19.5 Å². The van der Waals surface area contributed by atoms with Gasteiger partial charge < -0.3 is 11.1 Å². The van der Waals surface area contributed by atoms with Crippen LogP contribution in [0.15, 0.2) is 36.5 Å². The summed E-state index contributed by atoms with van der Waals surface area (Å²) in [7, 11) is 0. The van der Waals surface area contributed by atoms with Crippen LogP contribution in [0.25, 0.3) is 10.9 Å². The largest absolute Gasteiger partial charge is 0.368 e. The first-order valence-electron chi connectivity index (χ1n) is 9.22. The van der Waals surface area contributed by atoms with Crippen LogP contribution in [-0.4, -0.2) is 40.8 Å². The number of carbonyl (C=O) groups is 2. The number of para-hydroxylation sites is 1. The fourth-order valence-electron chi connectivity index (χ4n) is 3.70. The number of carbonyl (C=O) groups excluding carboxylic acids is 2. The molecule has 1 aromatic heterocycles. The molecule has 1 aliphatic heterocycles. The van der Waals surface area contributed by atoms with E-state index in [4.69, 9.17) is 5.73 Å². The van der Waals surface area contributed by atoms with Crippen molar-refractivity contribution in [2.24, 2.45) is 11.7 Å². The highest BCUT2D eigenvalue weighted by Gasteiger charge is 2.34. The molecule has 0 radical (unpaired) electrons. The SMILES string of the molecule is CC1CCN(CCCCC(=O)Nc2cnc3ccccc3c2)C1C(N)=O. The maximum atomic E-state index is 12.1. The second kappa shape index (κ2) is 8.27. The molecule has 0 aliphatic carbocycles. The fraction of sp³-hybridized carbons (Fsp3) is 0.450. The number of likely N-dealkylation sites (tertiary alicyclic amines) is 1. The minimum atomic E-state index is -0.239. The molecular formula is C20H26N4O2. The number of fused-ring (bicyclic) bond motifs is 1. The van der Waals surface area contributed by atoms with Crippen molar-refractivity contribution in [2.45, 2.75) is 38.6 Å². The summed E-state index contributed by atoms with van der Waals surface area (Å²) in [6, 6.07) is 9.59. The molecule has 3 N–H and O–H groups in total. The van der Waals surface area contributed by atoms with Gasteiger partial charge in [0, 0.05) is 11.8 Å². The van der Waals surface area contributed by atoms with E-state index in [2.05, 4.69) is 22.1 Å². The third-order valence-electron chi connectivity index (χ3n) is 5.07. The van der Waals surface area contributed by atoms with Crippen molar-refractivity contribution in [3.63, 3.8) is 0 Å². The van der Waals surface area contributed by atoms with E-state index in [0.29, 0.717) is 12.3 Å². The highest BCUT2D eigenvalue weighted by molar-refractivity contribution is 5.93. The molecule has 1 aliphatic rings. The maximum Gasteiger partial charge on any atom is 0.235 e. The average Bonchev–Trinajstić information content (AvgIpc) is 2.99. The van der Waals surface area contributed by atoms with Crippen LogP contribution in [-0.2, 0) is 9.59 Å². The number of nitrogens with zero attached hydrogens (tertiary/aromatic N) is 2. The Kier molecular flexibility index (Phi) is 5.83. The molecule has 2 amide bonds. The smallest absolute Gasteiger partial charge is 0.235 e. The number of nitrogens with two attached hydrogens (primary N) is 1. The number of hydrogen-bond donors (Lipinski definition) is 2. The minimum absolute atomic E-state index is 0.0108.